The Morgan fingerprint density at radius 3 is 2.25 bits per heavy atom. The summed E-state index contributed by atoms with van der Waals surface area (Å²) in [7, 11) is 0. The summed E-state index contributed by atoms with van der Waals surface area (Å²) in [5.74, 6) is -1.21. The maximum atomic E-state index is 11.2. The second kappa shape index (κ2) is 3.27. The number of carbonyl (C=O) groups excluding carboxylic acids is 2. The number of primary amides is 2. The molecule has 2 aromatic rings. The molecule has 0 aliphatic rings. The molecule has 2 amide bonds. The fourth-order valence-corrected chi connectivity index (χ4v) is 1.68. The third-order valence-electron chi connectivity index (χ3n) is 2.40. The molecule has 0 fully saturated rings. The smallest absolute Gasteiger partial charge is 0.250 e. The van der Waals surface area contributed by atoms with Gasteiger partial charge in [-0.2, -0.15) is 0 Å². The van der Waals surface area contributed by atoms with E-state index in [0.717, 1.165) is 0 Å². The molecule has 6 heteroatoms. The van der Waals surface area contributed by atoms with Gasteiger partial charge >= 0.3 is 0 Å². The van der Waals surface area contributed by atoms with Crippen LogP contribution in [0.2, 0.25) is 0 Å². The number of anilines is 1. The van der Waals surface area contributed by atoms with Crippen molar-refractivity contribution >= 4 is 28.4 Å². The van der Waals surface area contributed by atoms with Crippen molar-refractivity contribution in [2.45, 2.75) is 0 Å². The van der Waals surface area contributed by atoms with E-state index in [-0.39, 0.29) is 11.1 Å². The quantitative estimate of drug-likeness (QED) is 0.527. The zero-order chi connectivity index (χ0) is 11.9. The first-order valence-corrected chi connectivity index (χ1v) is 4.51. The molecule has 0 aliphatic carbocycles. The highest BCUT2D eigenvalue weighted by atomic mass is 16.1. The lowest BCUT2D eigenvalue weighted by Gasteiger charge is -2.02. The van der Waals surface area contributed by atoms with Crippen molar-refractivity contribution < 1.29 is 9.59 Å². The van der Waals surface area contributed by atoms with Gasteiger partial charge < -0.3 is 22.2 Å². The summed E-state index contributed by atoms with van der Waals surface area (Å²) in [5.41, 5.74) is 17.4. The molecule has 0 radical (unpaired) electrons. The van der Waals surface area contributed by atoms with Gasteiger partial charge in [0.2, 0.25) is 0 Å². The average Bonchev–Trinajstić information content (AvgIpc) is 2.62. The van der Waals surface area contributed by atoms with Gasteiger partial charge in [0.1, 0.15) is 0 Å². The maximum Gasteiger partial charge on any atom is 0.250 e. The topological polar surface area (TPSA) is 128 Å². The van der Waals surface area contributed by atoms with Crippen LogP contribution in [-0.4, -0.2) is 16.8 Å². The van der Waals surface area contributed by atoms with E-state index < -0.39 is 11.8 Å². The molecule has 6 nitrogen and oxygen atoms in total. The number of aromatic nitrogens is 1. The predicted molar refractivity (Wildman–Crippen MR) is 59.7 cm³/mol. The van der Waals surface area contributed by atoms with Gasteiger partial charge in [-0.05, 0) is 12.1 Å². The molecule has 82 valence electrons. The lowest BCUT2D eigenvalue weighted by molar-refractivity contribution is 0.0992. The van der Waals surface area contributed by atoms with Gasteiger partial charge in [-0.1, -0.05) is 0 Å². The molecule has 0 saturated heterocycles. The van der Waals surface area contributed by atoms with Crippen molar-refractivity contribution in [3.63, 3.8) is 0 Å². The van der Waals surface area contributed by atoms with Gasteiger partial charge in [-0.25, -0.2) is 0 Å². The zero-order valence-corrected chi connectivity index (χ0v) is 8.28. The van der Waals surface area contributed by atoms with E-state index in [1.807, 2.05) is 0 Å². The number of benzene rings is 1. The monoisotopic (exact) mass is 218 g/mol. The minimum absolute atomic E-state index is 0.246. The van der Waals surface area contributed by atoms with Gasteiger partial charge in [0.05, 0.1) is 16.6 Å². The van der Waals surface area contributed by atoms with E-state index in [0.29, 0.717) is 16.6 Å². The van der Waals surface area contributed by atoms with Crippen LogP contribution in [0.25, 0.3) is 10.9 Å². The molecule has 0 spiro atoms. The van der Waals surface area contributed by atoms with Crippen LogP contribution in [-0.2, 0) is 0 Å². The fraction of sp³-hybridized carbons (Fsp3) is 0. The van der Waals surface area contributed by atoms with E-state index in [2.05, 4.69) is 4.98 Å². The van der Waals surface area contributed by atoms with Crippen molar-refractivity contribution in [3.8, 4) is 0 Å². The lowest BCUT2D eigenvalue weighted by Crippen LogP contribution is -2.13. The highest BCUT2D eigenvalue weighted by Gasteiger charge is 2.16. The van der Waals surface area contributed by atoms with Crippen molar-refractivity contribution in [2.24, 2.45) is 11.5 Å². The molecule has 7 N–H and O–H groups in total. The van der Waals surface area contributed by atoms with Crippen LogP contribution in [0.1, 0.15) is 20.7 Å². The highest BCUT2D eigenvalue weighted by Crippen LogP contribution is 2.27. The summed E-state index contributed by atoms with van der Waals surface area (Å²) >= 11 is 0. The number of nitrogens with one attached hydrogen (secondary N) is 1. The van der Waals surface area contributed by atoms with Crippen LogP contribution in [0.5, 0.6) is 0 Å². The second-order valence-electron chi connectivity index (χ2n) is 3.38. The first kappa shape index (κ1) is 10.0. The van der Waals surface area contributed by atoms with Gasteiger partial charge in [0.25, 0.3) is 11.8 Å². The first-order chi connectivity index (χ1) is 7.52. The molecular weight excluding hydrogens is 208 g/mol. The number of fused-ring (bicyclic) bond motifs is 1. The van der Waals surface area contributed by atoms with E-state index in [4.69, 9.17) is 17.2 Å². The largest absolute Gasteiger partial charge is 0.398 e. The zero-order valence-electron chi connectivity index (χ0n) is 8.28. The SMILES string of the molecule is NC(=O)c1ccc(N)c2c(C(N)=O)c[nH]c12. The summed E-state index contributed by atoms with van der Waals surface area (Å²) in [6.45, 7) is 0. The van der Waals surface area contributed by atoms with Gasteiger partial charge in [-0.3, -0.25) is 9.59 Å². The molecule has 0 aliphatic heterocycles. The summed E-state index contributed by atoms with van der Waals surface area (Å²) in [4.78, 5) is 25.1. The number of nitrogens with two attached hydrogens (primary N) is 3. The highest BCUT2D eigenvalue weighted by molar-refractivity contribution is 6.15. The molecule has 0 saturated carbocycles. The Morgan fingerprint density at radius 1 is 1.06 bits per heavy atom. The van der Waals surface area contributed by atoms with Crippen LogP contribution in [0.3, 0.4) is 0 Å². The van der Waals surface area contributed by atoms with Crippen LogP contribution in [0, 0.1) is 0 Å². The van der Waals surface area contributed by atoms with E-state index in [1.165, 1.54) is 18.3 Å². The predicted octanol–water partition coefficient (Wildman–Crippen LogP) is -0.0521. The standard InChI is InChI=1S/C10H10N4O2/c11-6-2-1-4(9(12)15)8-7(6)5(3-14-8)10(13)16/h1-3,14H,11H2,(H2,12,15)(H2,13,16). The number of hydrogen-bond acceptors (Lipinski definition) is 3. The Balaban J connectivity index is 2.88. The number of nitrogen functional groups attached to an aromatic ring is 1. The van der Waals surface area contributed by atoms with Gasteiger partial charge in [-0.15, -0.1) is 0 Å². The second-order valence-corrected chi connectivity index (χ2v) is 3.38. The van der Waals surface area contributed by atoms with Crippen LogP contribution < -0.4 is 17.2 Å². The summed E-state index contributed by atoms with van der Waals surface area (Å²) in [6, 6.07) is 3.02. The molecule has 1 aromatic carbocycles. The molecule has 1 heterocycles. The number of hydrogen-bond donors (Lipinski definition) is 4. The van der Waals surface area contributed by atoms with Crippen LogP contribution in [0.15, 0.2) is 18.3 Å². The number of H-pyrrole nitrogens is 1. The Hall–Kier alpha value is -2.50. The van der Waals surface area contributed by atoms with E-state index >= 15 is 0 Å². The fourth-order valence-electron chi connectivity index (χ4n) is 1.68. The summed E-state index contributed by atoms with van der Waals surface area (Å²) in [6.07, 6.45) is 1.41. The normalized spacial score (nSPS) is 10.5. The minimum atomic E-state index is -0.612. The molecule has 0 atom stereocenters. The Kier molecular flexibility index (Phi) is 2.05. The maximum absolute atomic E-state index is 11.2. The molecule has 0 unspecified atom stereocenters. The molecular formula is C10H10N4O2. The van der Waals surface area contributed by atoms with Gasteiger partial charge in [0.15, 0.2) is 0 Å². The lowest BCUT2D eigenvalue weighted by atomic mass is 10.1. The van der Waals surface area contributed by atoms with Crippen molar-refractivity contribution in [2.75, 3.05) is 5.73 Å². The van der Waals surface area contributed by atoms with Crippen molar-refractivity contribution in [1.82, 2.24) is 4.98 Å². The average molecular weight is 218 g/mol. The number of rotatable bonds is 2. The van der Waals surface area contributed by atoms with Crippen LogP contribution in [0.4, 0.5) is 5.69 Å². The summed E-state index contributed by atoms with van der Waals surface area (Å²) < 4.78 is 0. The first-order valence-electron chi connectivity index (χ1n) is 4.51. The molecule has 0 bridgehead atoms. The third-order valence-corrected chi connectivity index (χ3v) is 2.40. The summed E-state index contributed by atoms with van der Waals surface area (Å²) in [5, 5.41) is 0.434. The Morgan fingerprint density at radius 2 is 1.69 bits per heavy atom. The van der Waals surface area contributed by atoms with Crippen LogP contribution >= 0.6 is 0 Å². The number of aromatic amines is 1. The Labute approximate surface area is 90.4 Å². The third kappa shape index (κ3) is 1.28. The van der Waals surface area contributed by atoms with Crippen molar-refractivity contribution in [1.29, 1.82) is 0 Å². The molecule has 16 heavy (non-hydrogen) atoms. The van der Waals surface area contributed by atoms with Gasteiger partial charge in [0, 0.05) is 17.3 Å². The van der Waals surface area contributed by atoms with E-state index in [9.17, 15) is 9.59 Å². The van der Waals surface area contributed by atoms with E-state index in [1.54, 1.807) is 0 Å². The Bertz CT molecular complexity index is 600. The molecule has 2 rings (SSSR count). The minimum Gasteiger partial charge on any atom is -0.398 e. The molecule has 1 aromatic heterocycles. The number of carbonyl (C=O) groups is 2. The van der Waals surface area contributed by atoms with Crippen molar-refractivity contribution in [3.05, 3.63) is 29.5 Å². The number of amides is 2.